The van der Waals surface area contributed by atoms with Crippen molar-refractivity contribution < 1.29 is 14.6 Å². The van der Waals surface area contributed by atoms with Gasteiger partial charge < -0.3 is 19.9 Å². The van der Waals surface area contributed by atoms with E-state index in [-0.39, 0.29) is 12.2 Å². The molecule has 0 bridgehead atoms. The van der Waals surface area contributed by atoms with Crippen molar-refractivity contribution in [2.24, 2.45) is 5.92 Å². The fraction of sp³-hybridized carbons (Fsp3) is 1.00. The summed E-state index contributed by atoms with van der Waals surface area (Å²) >= 11 is 0. The molecular weight excluding hydrogens is 206 g/mol. The van der Waals surface area contributed by atoms with Crippen LogP contribution in [0, 0.1) is 5.92 Å². The molecule has 1 rings (SSSR count). The molecule has 1 heterocycles. The molecule has 0 aromatic carbocycles. The first-order chi connectivity index (χ1) is 7.77. The highest BCUT2D eigenvalue weighted by molar-refractivity contribution is 4.71. The van der Waals surface area contributed by atoms with Crippen molar-refractivity contribution in [3.8, 4) is 0 Å². The van der Waals surface area contributed by atoms with Gasteiger partial charge in [-0.25, -0.2) is 0 Å². The van der Waals surface area contributed by atoms with E-state index in [1.807, 2.05) is 0 Å². The molecule has 96 valence electrons. The third-order valence-corrected chi connectivity index (χ3v) is 3.29. The van der Waals surface area contributed by atoms with E-state index in [4.69, 9.17) is 9.47 Å². The molecule has 4 nitrogen and oxygen atoms in total. The van der Waals surface area contributed by atoms with E-state index in [0.29, 0.717) is 19.3 Å². The van der Waals surface area contributed by atoms with Gasteiger partial charge in [-0.1, -0.05) is 26.7 Å². The predicted octanol–water partition coefficient (Wildman–Crippen LogP) is 1.14. The Morgan fingerprint density at radius 3 is 2.69 bits per heavy atom. The van der Waals surface area contributed by atoms with Crippen molar-refractivity contribution in [1.29, 1.82) is 0 Å². The fourth-order valence-corrected chi connectivity index (χ4v) is 2.05. The van der Waals surface area contributed by atoms with Gasteiger partial charge in [-0.2, -0.15) is 0 Å². The van der Waals surface area contributed by atoms with Crippen LogP contribution in [0.2, 0.25) is 0 Å². The second kappa shape index (κ2) is 8.01. The van der Waals surface area contributed by atoms with Crippen LogP contribution in [0.5, 0.6) is 0 Å². The lowest BCUT2D eigenvalue weighted by Crippen LogP contribution is -2.39. The van der Waals surface area contributed by atoms with Gasteiger partial charge in [0.05, 0.1) is 18.8 Å². The van der Waals surface area contributed by atoms with Crippen molar-refractivity contribution in [1.82, 2.24) is 5.32 Å². The zero-order chi connectivity index (χ0) is 11.8. The average molecular weight is 231 g/mol. The first-order valence-electron chi connectivity index (χ1n) is 6.36. The third kappa shape index (κ3) is 4.78. The van der Waals surface area contributed by atoms with Crippen molar-refractivity contribution >= 4 is 0 Å². The number of aliphatic hydroxyl groups excluding tert-OH is 1. The van der Waals surface area contributed by atoms with Crippen molar-refractivity contribution in [3.05, 3.63) is 0 Å². The van der Waals surface area contributed by atoms with E-state index < -0.39 is 0 Å². The standard InChI is InChI=1S/C12H25NO3/c1-3-10(4-2)12(14)8-13-7-11-5-6-15-9-16-11/h10-14H,3-9H2,1-2H3. The maximum absolute atomic E-state index is 9.91. The molecule has 1 aliphatic heterocycles. The minimum atomic E-state index is -0.241. The van der Waals surface area contributed by atoms with Gasteiger partial charge in [0, 0.05) is 13.1 Å². The third-order valence-electron chi connectivity index (χ3n) is 3.29. The molecular formula is C12H25NO3. The van der Waals surface area contributed by atoms with Crippen LogP contribution in [0.25, 0.3) is 0 Å². The first kappa shape index (κ1) is 13.9. The molecule has 1 aliphatic rings. The van der Waals surface area contributed by atoms with Crippen LogP contribution in [-0.2, 0) is 9.47 Å². The van der Waals surface area contributed by atoms with Crippen molar-refractivity contribution in [2.45, 2.75) is 45.3 Å². The lowest BCUT2D eigenvalue weighted by molar-refractivity contribution is -0.137. The average Bonchev–Trinajstić information content (AvgIpc) is 2.32. The monoisotopic (exact) mass is 231 g/mol. The van der Waals surface area contributed by atoms with Crippen LogP contribution >= 0.6 is 0 Å². The highest BCUT2D eigenvalue weighted by atomic mass is 16.7. The van der Waals surface area contributed by atoms with Gasteiger partial charge in [0.2, 0.25) is 0 Å². The second-order valence-electron chi connectivity index (χ2n) is 4.41. The number of hydrogen-bond donors (Lipinski definition) is 2. The Morgan fingerprint density at radius 1 is 1.38 bits per heavy atom. The molecule has 2 atom stereocenters. The molecule has 0 aliphatic carbocycles. The summed E-state index contributed by atoms with van der Waals surface area (Å²) in [5.41, 5.74) is 0. The first-order valence-corrected chi connectivity index (χ1v) is 6.36. The van der Waals surface area contributed by atoms with Crippen molar-refractivity contribution in [2.75, 3.05) is 26.5 Å². The van der Waals surface area contributed by atoms with E-state index in [1.54, 1.807) is 0 Å². The van der Waals surface area contributed by atoms with Gasteiger partial charge in [-0.05, 0) is 12.3 Å². The van der Waals surface area contributed by atoms with Gasteiger partial charge in [0.1, 0.15) is 6.79 Å². The lowest BCUT2D eigenvalue weighted by atomic mass is 9.96. The molecule has 0 radical (unpaired) electrons. The molecule has 2 unspecified atom stereocenters. The number of aliphatic hydroxyl groups is 1. The maximum atomic E-state index is 9.91. The molecule has 0 aromatic heterocycles. The van der Waals surface area contributed by atoms with Crippen LogP contribution in [0.15, 0.2) is 0 Å². The van der Waals surface area contributed by atoms with Crippen LogP contribution < -0.4 is 5.32 Å². The Labute approximate surface area is 98.3 Å². The van der Waals surface area contributed by atoms with Gasteiger partial charge in [-0.15, -0.1) is 0 Å². The molecule has 4 heteroatoms. The summed E-state index contributed by atoms with van der Waals surface area (Å²) in [6.07, 6.45) is 3.01. The number of rotatable bonds is 7. The summed E-state index contributed by atoms with van der Waals surface area (Å²) in [6, 6.07) is 0. The Balaban J connectivity index is 2.09. The SMILES string of the molecule is CCC(CC)C(O)CNCC1CCOCO1. The summed E-state index contributed by atoms with van der Waals surface area (Å²) in [5.74, 6) is 0.406. The number of hydrogen-bond acceptors (Lipinski definition) is 4. The highest BCUT2D eigenvalue weighted by Crippen LogP contribution is 2.12. The normalized spacial score (nSPS) is 23.6. The van der Waals surface area contributed by atoms with Crippen LogP contribution in [0.3, 0.4) is 0 Å². The Kier molecular flexibility index (Phi) is 6.96. The number of ether oxygens (including phenoxy) is 2. The molecule has 1 fully saturated rings. The van der Waals surface area contributed by atoms with Gasteiger partial charge in [0.15, 0.2) is 0 Å². The summed E-state index contributed by atoms with van der Waals surface area (Å²) in [5, 5.41) is 13.2. The highest BCUT2D eigenvalue weighted by Gasteiger charge is 2.17. The molecule has 1 saturated heterocycles. The Hall–Kier alpha value is -0.160. The molecule has 2 N–H and O–H groups in total. The van der Waals surface area contributed by atoms with E-state index in [2.05, 4.69) is 19.2 Å². The maximum Gasteiger partial charge on any atom is 0.147 e. The summed E-state index contributed by atoms with van der Waals surface area (Å²) in [7, 11) is 0. The molecule has 0 aromatic rings. The summed E-state index contributed by atoms with van der Waals surface area (Å²) in [6.45, 7) is 6.90. The minimum Gasteiger partial charge on any atom is -0.392 e. The molecule has 0 amide bonds. The molecule has 0 saturated carbocycles. The van der Waals surface area contributed by atoms with E-state index in [0.717, 1.165) is 32.4 Å². The molecule has 0 spiro atoms. The number of nitrogens with one attached hydrogen (secondary N) is 1. The Bertz CT molecular complexity index is 168. The van der Waals surface area contributed by atoms with Crippen LogP contribution in [0.4, 0.5) is 0 Å². The van der Waals surface area contributed by atoms with Gasteiger partial charge in [-0.3, -0.25) is 0 Å². The quantitative estimate of drug-likeness (QED) is 0.690. The summed E-state index contributed by atoms with van der Waals surface area (Å²) in [4.78, 5) is 0. The molecule has 16 heavy (non-hydrogen) atoms. The second-order valence-corrected chi connectivity index (χ2v) is 4.41. The summed E-state index contributed by atoms with van der Waals surface area (Å²) < 4.78 is 10.5. The van der Waals surface area contributed by atoms with Crippen LogP contribution in [-0.4, -0.2) is 43.8 Å². The van der Waals surface area contributed by atoms with E-state index in [1.165, 1.54) is 0 Å². The van der Waals surface area contributed by atoms with Gasteiger partial charge >= 0.3 is 0 Å². The smallest absolute Gasteiger partial charge is 0.147 e. The van der Waals surface area contributed by atoms with Crippen LogP contribution in [0.1, 0.15) is 33.1 Å². The van der Waals surface area contributed by atoms with Gasteiger partial charge in [0.25, 0.3) is 0 Å². The largest absolute Gasteiger partial charge is 0.392 e. The Morgan fingerprint density at radius 2 is 2.12 bits per heavy atom. The topological polar surface area (TPSA) is 50.7 Å². The van der Waals surface area contributed by atoms with E-state index in [9.17, 15) is 5.11 Å². The lowest BCUT2D eigenvalue weighted by Gasteiger charge is -2.25. The fourth-order valence-electron chi connectivity index (χ4n) is 2.05. The predicted molar refractivity (Wildman–Crippen MR) is 63.3 cm³/mol. The zero-order valence-corrected chi connectivity index (χ0v) is 10.4. The zero-order valence-electron chi connectivity index (χ0n) is 10.4. The van der Waals surface area contributed by atoms with E-state index >= 15 is 0 Å². The minimum absolute atomic E-state index is 0.239. The van der Waals surface area contributed by atoms with Crippen molar-refractivity contribution in [3.63, 3.8) is 0 Å².